The molecule has 0 bridgehead atoms. The fraction of sp³-hybridized carbons (Fsp3) is 0.710. The number of amidine groups is 1. The van der Waals surface area contributed by atoms with E-state index in [9.17, 15) is 18.5 Å². The number of carbonyl (C=O) groups is 1. The summed E-state index contributed by atoms with van der Waals surface area (Å²) in [5.41, 5.74) is 1.70. The van der Waals surface area contributed by atoms with Gasteiger partial charge in [0.1, 0.15) is 11.9 Å². The van der Waals surface area contributed by atoms with Gasteiger partial charge in [-0.15, -0.1) is 0 Å². The largest absolute Gasteiger partial charge is 0.382 e. The first-order valence-corrected chi connectivity index (χ1v) is 17.8. The lowest BCUT2D eigenvalue weighted by atomic mass is 9.57. The van der Waals surface area contributed by atoms with Crippen LogP contribution in [-0.4, -0.2) is 81.5 Å². The van der Waals surface area contributed by atoms with Crippen LogP contribution in [0.1, 0.15) is 76.2 Å². The number of hydrogen-bond acceptors (Lipinski definition) is 6. The van der Waals surface area contributed by atoms with E-state index >= 15 is 0 Å². The number of halogens is 1. The van der Waals surface area contributed by atoms with Gasteiger partial charge in [0, 0.05) is 63.3 Å². The summed E-state index contributed by atoms with van der Waals surface area (Å²) in [6.45, 7) is 3.20. The Bertz CT molecular complexity index is 1300. The minimum absolute atomic E-state index is 0.0686. The molecule has 1 aromatic carbocycles. The highest BCUT2D eigenvalue weighted by Crippen LogP contribution is 2.53. The second kappa shape index (κ2) is 13.1. The molecule has 4 aliphatic rings. The Kier molecular flexibility index (Phi) is 9.70. The summed E-state index contributed by atoms with van der Waals surface area (Å²) >= 11 is 6.33. The SMILES string of the molecule is C/N=C(\CC(Nc1ccc(C#N)c(Cl)c1)C1CCCC1)N1CCC2(CC1)CC(C(=O)N1CCC(NS(C)(=O)=O)CC1)C2. The van der Waals surface area contributed by atoms with E-state index in [2.05, 4.69) is 21.0 Å². The summed E-state index contributed by atoms with van der Waals surface area (Å²) in [4.78, 5) is 22.4. The first-order valence-electron chi connectivity index (χ1n) is 15.5. The fourth-order valence-corrected chi connectivity index (χ4v) is 8.81. The molecule has 2 aliphatic heterocycles. The monoisotopic (exact) mass is 616 g/mol. The molecule has 42 heavy (non-hydrogen) atoms. The summed E-state index contributed by atoms with van der Waals surface area (Å²) in [7, 11) is -1.32. The molecule has 2 saturated heterocycles. The molecule has 0 radical (unpaired) electrons. The quantitative estimate of drug-likeness (QED) is 0.325. The molecule has 4 fully saturated rings. The number of piperidine rings is 2. The molecule has 2 heterocycles. The van der Waals surface area contributed by atoms with Gasteiger partial charge in [0.05, 0.1) is 16.8 Å². The molecule has 1 unspecified atom stereocenters. The summed E-state index contributed by atoms with van der Waals surface area (Å²) in [6.07, 6.45) is 12.5. The highest BCUT2D eigenvalue weighted by atomic mass is 35.5. The van der Waals surface area contributed by atoms with Crippen molar-refractivity contribution in [2.75, 3.05) is 44.8 Å². The fourth-order valence-electron chi connectivity index (χ4n) is 7.75. The molecule has 2 N–H and O–H groups in total. The van der Waals surface area contributed by atoms with Crippen LogP contribution < -0.4 is 10.0 Å². The molecule has 9 nitrogen and oxygen atoms in total. The van der Waals surface area contributed by atoms with Crippen molar-refractivity contribution in [3.8, 4) is 6.07 Å². The topological polar surface area (TPSA) is 118 Å². The summed E-state index contributed by atoms with van der Waals surface area (Å²) in [5.74, 6) is 2.08. The molecule has 2 aliphatic carbocycles. The van der Waals surface area contributed by atoms with Crippen LogP contribution in [0.25, 0.3) is 0 Å². The van der Waals surface area contributed by atoms with Gasteiger partial charge in [0.15, 0.2) is 0 Å². The molecule has 11 heteroatoms. The number of carbonyl (C=O) groups excluding carboxylic acids is 1. The van der Waals surface area contributed by atoms with Gasteiger partial charge in [-0.3, -0.25) is 9.79 Å². The van der Waals surface area contributed by atoms with E-state index in [-0.39, 0.29) is 29.3 Å². The lowest BCUT2D eigenvalue weighted by molar-refractivity contribution is -0.146. The van der Waals surface area contributed by atoms with Crippen LogP contribution in [0, 0.1) is 28.6 Å². The Morgan fingerprint density at radius 1 is 1.12 bits per heavy atom. The third-order valence-corrected chi connectivity index (χ3v) is 11.2. The number of rotatable bonds is 8. The summed E-state index contributed by atoms with van der Waals surface area (Å²) in [5, 5.41) is 13.5. The van der Waals surface area contributed by atoms with Crippen molar-refractivity contribution in [1.29, 1.82) is 5.26 Å². The first kappa shape index (κ1) is 31.1. The Hall–Kier alpha value is -2.35. The number of sulfonamides is 1. The Morgan fingerprint density at radius 3 is 2.36 bits per heavy atom. The first-order chi connectivity index (χ1) is 20.1. The smallest absolute Gasteiger partial charge is 0.225 e. The Labute approximate surface area is 256 Å². The average Bonchev–Trinajstić information content (AvgIpc) is 3.49. The van der Waals surface area contributed by atoms with E-state index in [1.165, 1.54) is 31.9 Å². The molecule has 1 atom stereocenters. The third-order valence-electron chi connectivity index (χ3n) is 10.2. The van der Waals surface area contributed by atoms with E-state index in [0.717, 1.165) is 56.7 Å². The molecular formula is C31H45ClN6O3S. The van der Waals surface area contributed by atoms with E-state index in [0.29, 0.717) is 42.4 Å². The zero-order valence-electron chi connectivity index (χ0n) is 24.9. The number of nitriles is 1. The van der Waals surface area contributed by atoms with Gasteiger partial charge in [-0.05, 0) is 80.9 Å². The number of aliphatic imine (C=N–C) groups is 1. The van der Waals surface area contributed by atoms with Crippen LogP contribution in [-0.2, 0) is 14.8 Å². The summed E-state index contributed by atoms with van der Waals surface area (Å²) in [6, 6.07) is 7.92. The van der Waals surface area contributed by atoms with E-state index in [1.54, 1.807) is 6.07 Å². The van der Waals surface area contributed by atoms with Gasteiger partial charge in [0.25, 0.3) is 0 Å². The van der Waals surface area contributed by atoms with Crippen molar-refractivity contribution >= 4 is 39.1 Å². The normalized spacial score (nSPS) is 23.0. The van der Waals surface area contributed by atoms with Crippen molar-refractivity contribution in [2.45, 2.75) is 82.7 Å². The Morgan fingerprint density at radius 2 is 1.79 bits per heavy atom. The standard InChI is InChI=1S/C31H45ClN6O3S/c1-34-29(18-28(22-5-3-4-6-22)35-26-8-7-23(21-33)27(32)17-26)37-15-11-31(12-16-37)19-24(20-31)30(39)38-13-9-25(10-14-38)36-42(2,40)41/h7-8,17,22,24-25,28,35-36H,3-6,9-16,18-20H2,1-2H3/b34-29+. The molecule has 0 aromatic heterocycles. The zero-order chi connectivity index (χ0) is 29.9. The maximum Gasteiger partial charge on any atom is 0.225 e. The molecule has 1 aromatic rings. The third kappa shape index (κ3) is 7.40. The summed E-state index contributed by atoms with van der Waals surface area (Å²) < 4.78 is 25.8. The van der Waals surface area contributed by atoms with Crippen molar-refractivity contribution in [2.24, 2.45) is 22.2 Å². The van der Waals surface area contributed by atoms with Crippen LogP contribution >= 0.6 is 11.6 Å². The maximum absolute atomic E-state index is 13.2. The molecule has 5 rings (SSSR count). The molecule has 1 spiro atoms. The molecule has 230 valence electrons. The predicted molar refractivity (Wildman–Crippen MR) is 167 cm³/mol. The number of amides is 1. The molecule has 1 amide bonds. The van der Waals surface area contributed by atoms with Crippen molar-refractivity contribution < 1.29 is 13.2 Å². The van der Waals surface area contributed by atoms with Crippen LogP contribution in [0.3, 0.4) is 0 Å². The Balaban J connectivity index is 1.12. The predicted octanol–water partition coefficient (Wildman–Crippen LogP) is 4.63. The molecule has 2 saturated carbocycles. The number of anilines is 1. The molecular weight excluding hydrogens is 572 g/mol. The second-order valence-corrected chi connectivity index (χ2v) is 15.2. The number of nitrogens with zero attached hydrogens (tertiary/aromatic N) is 4. The van der Waals surface area contributed by atoms with Crippen molar-refractivity contribution in [3.63, 3.8) is 0 Å². The van der Waals surface area contributed by atoms with Crippen LogP contribution in [0.15, 0.2) is 23.2 Å². The minimum Gasteiger partial charge on any atom is -0.382 e. The van der Waals surface area contributed by atoms with Crippen molar-refractivity contribution in [1.82, 2.24) is 14.5 Å². The minimum atomic E-state index is -3.22. The van der Waals surface area contributed by atoms with Gasteiger partial charge in [-0.2, -0.15) is 5.26 Å². The van der Waals surface area contributed by atoms with Crippen LogP contribution in [0.2, 0.25) is 5.02 Å². The van der Waals surface area contributed by atoms with Crippen molar-refractivity contribution in [3.05, 3.63) is 28.8 Å². The maximum atomic E-state index is 13.2. The van der Waals surface area contributed by atoms with Crippen LogP contribution in [0.4, 0.5) is 5.69 Å². The van der Waals surface area contributed by atoms with E-state index < -0.39 is 10.0 Å². The van der Waals surface area contributed by atoms with Gasteiger partial charge in [-0.1, -0.05) is 24.4 Å². The number of benzene rings is 1. The number of hydrogen-bond donors (Lipinski definition) is 2. The van der Waals surface area contributed by atoms with Gasteiger partial charge < -0.3 is 15.1 Å². The van der Waals surface area contributed by atoms with Gasteiger partial charge in [-0.25, -0.2) is 13.1 Å². The average molecular weight is 617 g/mol. The zero-order valence-corrected chi connectivity index (χ0v) is 26.5. The number of nitrogens with one attached hydrogen (secondary N) is 2. The highest BCUT2D eigenvalue weighted by Gasteiger charge is 2.50. The van der Waals surface area contributed by atoms with Gasteiger partial charge in [0.2, 0.25) is 15.9 Å². The second-order valence-electron chi connectivity index (χ2n) is 13.0. The number of likely N-dealkylation sites (tertiary alicyclic amines) is 2. The highest BCUT2D eigenvalue weighted by molar-refractivity contribution is 7.88. The van der Waals surface area contributed by atoms with Gasteiger partial charge >= 0.3 is 0 Å². The lowest BCUT2D eigenvalue weighted by Gasteiger charge is -2.53. The lowest BCUT2D eigenvalue weighted by Crippen LogP contribution is -2.54. The van der Waals surface area contributed by atoms with E-state index in [1.807, 2.05) is 24.1 Å². The van der Waals surface area contributed by atoms with Crippen LogP contribution in [0.5, 0.6) is 0 Å². The van der Waals surface area contributed by atoms with E-state index in [4.69, 9.17) is 16.6 Å².